The standard InChI is InChI=1S/C12H18N2O3S/c1-3-10(2)14-18(15,16)9-8-17-12-6-4-11(13)5-7-12/h3-7,10,14H,1,8-9,13H2,2H3. The summed E-state index contributed by atoms with van der Waals surface area (Å²) in [5, 5.41) is 0. The van der Waals surface area contributed by atoms with Crippen molar-refractivity contribution in [1.82, 2.24) is 4.72 Å². The third-order valence-electron chi connectivity index (χ3n) is 2.22. The molecule has 0 aliphatic heterocycles. The van der Waals surface area contributed by atoms with Crippen LogP contribution in [0.3, 0.4) is 0 Å². The van der Waals surface area contributed by atoms with Crippen molar-refractivity contribution in [2.24, 2.45) is 0 Å². The van der Waals surface area contributed by atoms with Crippen molar-refractivity contribution in [2.75, 3.05) is 18.1 Å². The van der Waals surface area contributed by atoms with Crippen LogP contribution in [0.5, 0.6) is 5.75 Å². The summed E-state index contributed by atoms with van der Waals surface area (Å²) in [5.41, 5.74) is 6.16. The lowest BCUT2D eigenvalue weighted by molar-refractivity contribution is 0.340. The third-order valence-corrected chi connectivity index (χ3v) is 3.65. The molecule has 0 saturated heterocycles. The normalized spacial score (nSPS) is 12.9. The van der Waals surface area contributed by atoms with Gasteiger partial charge in [0.05, 0.1) is 5.75 Å². The summed E-state index contributed by atoms with van der Waals surface area (Å²) >= 11 is 0. The molecule has 0 aliphatic rings. The Balaban J connectivity index is 2.41. The highest BCUT2D eigenvalue weighted by Gasteiger charge is 2.12. The first-order valence-electron chi connectivity index (χ1n) is 5.54. The lowest BCUT2D eigenvalue weighted by Crippen LogP contribution is -2.34. The van der Waals surface area contributed by atoms with Crippen molar-refractivity contribution in [3.05, 3.63) is 36.9 Å². The van der Waals surface area contributed by atoms with Gasteiger partial charge < -0.3 is 10.5 Å². The van der Waals surface area contributed by atoms with E-state index in [0.717, 1.165) is 0 Å². The minimum atomic E-state index is -3.34. The molecule has 1 aromatic rings. The molecule has 0 aromatic heterocycles. The quantitative estimate of drug-likeness (QED) is 0.575. The Kier molecular flexibility index (Phi) is 5.18. The van der Waals surface area contributed by atoms with Crippen LogP contribution in [-0.2, 0) is 10.0 Å². The largest absolute Gasteiger partial charge is 0.492 e. The highest BCUT2D eigenvalue weighted by atomic mass is 32.2. The third kappa shape index (κ3) is 5.20. The van der Waals surface area contributed by atoms with Crippen molar-refractivity contribution in [2.45, 2.75) is 13.0 Å². The smallest absolute Gasteiger partial charge is 0.215 e. The maximum atomic E-state index is 11.6. The maximum Gasteiger partial charge on any atom is 0.215 e. The van der Waals surface area contributed by atoms with Gasteiger partial charge in [0.15, 0.2) is 0 Å². The number of rotatable bonds is 7. The molecule has 5 nitrogen and oxygen atoms in total. The number of benzene rings is 1. The molecule has 6 heteroatoms. The van der Waals surface area contributed by atoms with E-state index in [4.69, 9.17) is 10.5 Å². The fourth-order valence-corrected chi connectivity index (χ4v) is 2.31. The van der Waals surface area contributed by atoms with Gasteiger partial charge in [0.2, 0.25) is 10.0 Å². The Morgan fingerprint density at radius 1 is 1.44 bits per heavy atom. The summed E-state index contributed by atoms with van der Waals surface area (Å²) in [7, 11) is -3.34. The number of nitrogens with one attached hydrogen (secondary N) is 1. The van der Waals surface area contributed by atoms with E-state index in [2.05, 4.69) is 11.3 Å². The molecule has 0 bridgehead atoms. The molecule has 1 aromatic carbocycles. The molecule has 0 radical (unpaired) electrons. The number of hydrogen-bond donors (Lipinski definition) is 2. The Hall–Kier alpha value is -1.53. The first-order chi connectivity index (χ1) is 8.43. The van der Waals surface area contributed by atoms with Crippen LogP contribution in [0.15, 0.2) is 36.9 Å². The van der Waals surface area contributed by atoms with Crippen LogP contribution in [0.2, 0.25) is 0 Å². The topological polar surface area (TPSA) is 81.4 Å². The molecule has 0 spiro atoms. The molecule has 100 valence electrons. The Bertz CT molecular complexity index is 483. The predicted molar refractivity (Wildman–Crippen MR) is 72.9 cm³/mol. The van der Waals surface area contributed by atoms with Gasteiger partial charge in [0, 0.05) is 11.7 Å². The summed E-state index contributed by atoms with van der Waals surface area (Å²) in [6.45, 7) is 5.31. The van der Waals surface area contributed by atoms with Crippen molar-refractivity contribution in [3.63, 3.8) is 0 Å². The lowest BCUT2D eigenvalue weighted by atomic mass is 10.3. The lowest BCUT2D eigenvalue weighted by Gasteiger charge is -2.11. The number of nitrogens with two attached hydrogens (primary N) is 1. The van der Waals surface area contributed by atoms with Crippen LogP contribution in [0.1, 0.15) is 6.92 Å². The molecule has 1 unspecified atom stereocenters. The Labute approximate surface area is 108 Å². The highest BCUT2D eigenvalue weighted by Crippen LogP contribution is 2.12. The summed E-state index contributed by atoms with van der Waals surface area (Å²) in [6.07, 6.45) is 1.53. The van der Waals surface area contributed by atoms with Crippen LogP contribution >= 0.6 is 0 Å². The average molecular weight is 270 g/mol. The highest BCUT2D eigenvalue weighted by molar-refractivity contribution is 7.89. The molecule has 0 saturated carbocycles. The zero-order valence-electron chi connectivity index (χ0n) is 10.3. The van der Waals surface area contributed by atoms with E-state index in [-0.39, 0.29) is 18.4 Å². The van der Waals surface area contributed by atoms with Gasteiger partial charge in [-0.3, -0.25) is 0 Å². The Morgan fingerprint density at radius 2 is 2.06 bits per heavy atom. The predicted octanol–water partition coefficient (Wildman–Crippen LogP) is 1.14. The second-order valence-corrected chi connectivity index (χ2v) is 5.75. The molecule has 0 aliphatic carbocycles. The van der Waals surface area contributed by atoms with Crippen molar-refractivity contribution >= 4 is 15.7 Å². The van der Waals surface area contributed by atoms with Gasteiger partial charge in [-0.2, -0.15) is 0 Å². The molecule has 0 amide bonds. The zero-order chi connectivity index (χ0) is 13.6. The molecule has 3 N–H and O–H groups in total. The molecular formula is C12H18N2O3S. The zero-order valence-corrected chi connectivity index (χ0v) is 11.1. The first-order valence-corrected chi connectivity index (χ1v) is 7.19. The van der Waals surface area contributed by atoms with Crippen LogP contribution in [0.4, 0.5) is 5.69 Å². The molecule has 0 heterocycles. The number of nitrogen functional groups attached to an aromatic ring is 1. The minimum Gasteiger partial charge on any atom is -0.492 e. The van der Waals surface area contributed by atoms with Crippen LogP contribution in [0, 0.1) is 0 Å². The van der Waals surface area contributed by atoms with E-state index >= 15 is 0 Å². The number of ether oxygens (including phenoxy) is 1. The monoisotopic (exact) mass is 270 g/mol. The molecule has 1 atom stereocenters. The first kappa shape index (κ1) is 14.5. The summed E-state index contributed by atoms with van der Waals surface area (Å²) in [6, 6.07) is 6.50. The van der Waals surface area contributed by atoms with Crippen LogP contribution in [0.25, 0.3) is 0 Å². The van der Waals surface area contributed by atoms with Crippen LogP contribution in [-0.4, -0.2) is 26.8 Å². The minimum absolute atomic E-state index is 0.0864. The van der Waals surface area contributed by atoms with Crippen molar-refractivity contribution < 1.29 is 13.2 Å². The number of sulfonamides is 1. The number of anilines is 1. The van der Waals surface area contributed by atoms with Gasteiger partial charge >= 0.3 is 0 Å². The van der Waals surface area contributed by atoms with E-state index < -0.39 is 10.0 Å². The molecular weight excluding hydrogens is 252 g/mol. The summed E-state index contributed by atoms with van der Waals surface area (Å²) < 4.78 is 30.9. The fourth-order valence-electron chi connectivity index (χ4n) is 1.22. The van der Waals surface area contributed by atoms with Gasteiger partial charge in [-0.1, -0.05) is 6.08 Å². The summed E-state index contributed by atoms with van der Waals surface area (Å²) in [4.78, 5) is 0. The average Bonchev–Trinajstić information content (AvgIpc) is 2.31. The van der Waals surface area contributed by atoms with Gasteiger partial charge in [0.1, 0.15) is 12.4 Å². The van der Waals surface area contributed by atoms with Gasteiger partial charge in [-0.05, 0) is 31.2 Å². The SMILES string of the molecule is C=CC(C)NS(=O)(=O)CCOc1ccc(N)cc1. The van der Waals surface area contributed by atoms with Gasteiger partial charge in [-0.25, -0.2) is 13.1 Å². The number of hydrogen-bond acceptors (Lipinski definition) is 4. The van der Waals surface area contributed by atoms with E-state index in [9.17, 15) is 8.42 Å². The molecule has 18 heavy (non-hydrogen) atoms. The van der Waals surface area contributed by atoms with Gasteiger partial charge in [-0.15, -0.1) is 6.58 Å². The van der Waals surface area contributed by atoms with Crippen molar-refractivity contribution in [1.29, 1.82) is 0 Å². The fraction of sp³-hybridized carbons (Fsp3) is 0.333. The van der Waals surface area contributed by atoms with E-state index in [1.807, 2.05) is 0 Å². The maximum absolute atomic E-state index is 11.6. The van der Waals surface area contributed by atoms with E-state index in [0.29, 0.717) is 11.4 Å². The molecule has 0 fully saturated rings. The summed E-state index contributed by atoms with van der Waals surface area (Å²) in [5.74, 6) is 0.492. The van der Waals surface area contributed by atoms with Crippen molar-refractivity contribution in [3.8, 4) is 5.75 Å². The van der Waals surface area contributed by atoms with Crippen LogP contribution < -0.4 is 15.2 Å². The molecule has 1 rings (SSSR count). The second kappa shape index (κ2) is 6.42. The van der Waals surface area contributed by atoms with E-state index in [1.165, 1.54) is 6.08 Å². The second-order valence-electron chi connectivity index (χ2n) is 3.88. The Morgan fingerprint density at radius 3 is 2.61 bits per heavy atom. The van der Waals surface area contributed by atoms with Gasteiger partial charge in [0.25, 0.3) is 0 Å². The van der Waals surface area contributed by atoms with E-state index in [1.54, 1.807) is 31.2 Å².